The van der Waals surface area contributed by atoms with Crippen LogP contribution in [0.2, 0.25) is 0 Å². The first-order valence-electron chi connectivity index (χ1n) is 10.8. The number of nitrogens with zero attached hydrogens (tertiary/aromatic N) is 1. The normalized spacial score (nSPS) is 14.0. The summed E-state index contributed by atoms with van der Waals surface area (Å²) in [7, 11) is 5.03. The molecule has 0 saturated heterocycles. The number of hydrogen-bond acceptors (Lipinski definition) is 10. The first-order valence-corrected chi connectivity index (χ1v) is 11.3. The van der Waals surface area contributed by atoms with Crippen molar-refractivity contribution in [3.05, 3.63) is 39.9 Å². The van der Waals surface area contributed by atoms with Crippen LogP contribution >= 0.6 is 12.2 Å². The lowest BCUT2D eigenvalue weighted by atomic mass is 9.94. The summed E-state index contributed by atoms with van der Waals surface area (Å²) in [6.45, 7) is 0. The second-order valence-electron chi connectivity index (χ2n) is 7.60. The van der Waals surface area contributed by atoms with Crippen molar-refractivity contribution in [2.24, 2.45) is 0 Å². The molecule has 0 saturated carbocycles. The van der Waals surface area contributed by atoms with Crippen molar-refractivity contribution < 1.29 is 38.1 Å². The lowest BCUT2D eigenvalue weighted by Gasteiger charge is -2.12. The minimum absolute atomic E-state index is 0.00797. The summed E-state index contributed by atoms with van der Waals surface area (Å²) in [6.07, 6.45) is 1.63. The fraction of sp³-hybridized carbons (Fsp3) is 0.417. The largest absolute Gasteiger partial charge is 0.469 e. The van der Waals surface area contributed by atoms with Crippen LogP contribution in [0.25, 0.3) is 5.57 Å². The van der Waals surface area contributed by atoms with Gasteiger partial charge in [-0.2, -0.15) is 5.26 Å². The monoisotopic (exact) mass is 517 g/mol. The zero-order valence-electron chi connectivity index (χ0n) is 20.4. The number of H-pyrrole nitrogens is 1. The van der Waals surface area contributed by atoms with Crippen LogP contribution < -0.4 is 5.32 Å². The molecule has 0 bridgehead atoms. The van der Waals surface area contributed by atoms with Crippen molar-refractivity contribution in [1.29, 1.82) is 5.26 Å². The SMILES string of the molecule is COC(=O)CCC1=C(CC(=O)OC)C(=S)N/C1=C(/C#N)c1[nH]cc(CC(=O)OC)c1CCC(=O)OC. The van der Waals surface area contributed by atoms with E-state index in [0.29, 0.717) is 33.7 Å². The van der Waals surface area contributed by atoms with Crippen molar-refractivity contribution in [3.8, 4) is 6.07 Å². The van der Waals surface area contributed by atoms with Gasteiger partial charge in [-0.05, 0) is 29.5 Å². The van der Waals surface area contributed by atoms with Gasteiger partial charge in [0.05, 0.1) is 58.2 Å². The molecular formula is C24H27N3O8S. The summed E-state index contributed by atoms with van der Waals surface area (Å²) in [5.74, 6) is -1.97. The zero-order chi connectivity index (χ0) is 26.8. The highest BCUT2D eigenvalue weighted by Gasteiger charge is 2.31. The molecule has 36 heavy (non-hydrogen) atoms. The van der Waals surface area contributed by atoms with Crippen LogP contribution in [0.4, 0.5) is 0 Å². The maximum Gasteiger partial charge on any atom is 0.310 e. The molecule has 0 amide bonds. The summed E-state index contributed by atoms with van der Waals surface area (Å²) in [6, 6.07) is 2.15. The standard InChI is InChI=1S/C24H27N3O8S/c1-32-18(28)7-5-14-13(9-20(30)34-3)12-26-22(14)17(11-25)23-15(6-8-19(29)33-2)16(24(36)27-23)10-21(31)35-4/h12,26H,5-10H2,1-4H3,(H,27,36)/b23-17-. The molecule has 0 aromatic carbocycles. The molecule has 0 fully saturated rings. The van der Waals surface area contributed by atoms with Gasteiger partial charge in [-0.3, -0.25) is 19.2 Å². The third-order valence-electron chi connectivity index (χ3n) is 5.60. The van der Waals surface area contributed by atoms with E-state index in [1.54, 1.807) is 6.20 Å². The van der Waals surface area contributed by atoms with Crippen molar-refractivity contribution in [3.63, 3.8) is 0 Å². The summed E-state index contributed by atoms with van der Waals surface area (Å²) in [5.41, 5.74) is 2.84. The van der Waals surface area contributed by atoms with Crippen LogP contribution in [-0.2, 0) is 51.0 Å². The van der Waals surface area contributed by atoms with Gasteiger partial charge in [-0.15, -0.1) is 0 Å². The summed E-state index contributed by atoms with van der Waals surface area (Å²) < 4.78 is 19.0. The Morgan fingerprint density at radius 1 is 0.861 bits per heavy atom. The minimum Gasteiger partial charge on any atom is -0.469 e. The highest BCUT2D eigenvalue weighted by Crippen LogP contribution is 2.35. The Balaban J connectivity index is 2.67. The van der Waals surface area contributed by atoms with Crippen LogP contribution in [-0.4, -0.2) is 62.3 Å². The van der Waals surface area contributed by atoms with Crippen LogP contribution in [0, 0.1) is 11.3 Å². The Hall–Kier alpha value is -3.98. The van der Waals surface area contributed by atoms with Crippen LogP contribution in [0.1, 0.15) is 42.5 Å². The number of hydrogen-bond donors (Lipinski definition) is 2. The average molecular weight is 518 g/mol. The molecule has 2 heterocycles. The van der Waals surface area contributed by atoms with Crippen molar-refractivity contribution in [2.75, 3.05) is 28.4 Å². The van der Waals surface area contributed by atoms with Crippen LogP contribution in [0.3, 0.4) is 0 Å². The molecule has 2 N–H and O–H groups in total. The van der Waals surface area contributed by atoms with E-state index in [0.717, 1.165) is 0 Å². The number of nitrogens with one attached hydrogen (secondary N) is 2. The molecule has 1 aromatic rings. The highest BCUT2D eigenvalue weighted by molar-refractivity contribution is 7.80. The number of aromatic nitrogens is 1. The second-order valence-corrected chi connectivity index (χ2v) is 8.01. The van der Waals surface area contributed by atoms with E-state index in [4.69, 9.17) is 31.2 Å². The van der Waals surface area contributed by atoms with Gasteiger partial charge < -0.3 is 29.2 Å². The smallest absolute Gasteiger partial charge is 0.310 e. The zero-order valence-corrected chi connectivity index (χ0v) is 21.3. The van der Waals surface area contributed by atoms with Gasteiger partial charge in [0.1, 0.15) is 11.1 Å². The minimum atomic E-state index is -0.538. The molecule has 2 rings (SSSR count). The molecule has 1 aromatic heterocycles. The molecule has 11 nitrogen and oxygen atoms in total. The lowest BCUT2D eigenvalue weighted by Crippen LogP contribution is -2.17. The number of esters is 4. The molecule has 0 radical (unpaired) electrons. The highest BCUT2D eigenvalue weighted by atomic mass is 32.1. The molecule has 0 aliphatic carbocycles. The number of ether oxygens (including phenoxy) is 4. The Morgan fingerprint density at radius 2 is 1.42 bits per heavy atom. The van der Waals surface area contributed by atoms with E-state index in [1.165, 1.54) is 28.4 Å². The van der Waals surface area contributed by atoms with E-state index >= 15 is 0 Å². The van der Waals surface area contributed by atoms with Gasteiger partial charge in [-0.25, -0.2) is 0 Å². The van der Waals surface area contributed by atoms with E-state index in [9.17, 15) is 24.4 Å². The van der Waals surface area contributed by atoms with Gasteiger partial charge in [0.15, 0.2) is 0 Å². The Labute approximate surface area is 213 Å². The number of thiocarbonyl (C=S) groups is 1. The Morgan fingerprint density at radius 3 is 1.97 bits per heavy atom. The van der Waals surface area contributed by atoms with E-state index < -0.39 is 23.9 Å². The number of nitriles is 1. The summed E-state index contributed by atoms with van der Waals surface area (Å²) >= 11 is 5.43. The number of carbonyl (C=O) groups excluding carboxylic acids is 4. The first-order chi connectivity index (χ1) is 17.2. The van der Waals surface area contributed by atoms with Crippen LogP contribution in [0.15, 0.2) is 23.0 Å². The van der Waals surface area contributed by atoms with Gasteiger partial charge in [0.25, 0.3) is 0 Å². The van der Waals surface area contributed by atoms with Crippen molar-refractivity contribution in [2.45, 2.75) is 38.5 Å². The maximum atomic E-state index is 12.0. The maximum absolute atomic E-state index is 12.0. The van der Waals surface area contributed by atoms with Crippen molar-refractivity contribution >= 4 is 46.7 Å². The molecule has 192 valence electrons. The number of rotatable bonds is 11. The van der Waals surface area contributed by atoms with Gasteiger partial charge in [0, 0.05) is 24.6 Å². The molecular weight excluding hydrogens is 490 g/mol. The van der Waals surface area contributed by atoms with E-state index in [1.807, 2.05) is 0 Å². The first kappa shape index (κ1) is 28.3. The quantitative estimate of drug-likeness (QED) is 0.191. The second kappa shape index (κ2) is 13.2. The summed E-state index contributed by atoms with van der Waals surface area (Å²) in [4.78, 5) is 50.9. The Bertz CT molecular complexity index is 1170. The predicted molar refractivity (Wildman–Crippen MR) is 130 cm³/mol. The fourth-order valence-corrected chi connectivity index (χ4v) is 4.03. The Kier molecular flexibility index (Phi) is 10.4. The third kappa shape index (κ3) is 6.79. The lowest BCUT2D eigenvalue weighted by molar-refractivity contribution is -0.141. The number of carbonyl (C=O) groups is 4. The average Bonchev–Trinajstić information content (AvgIpc) is 3.41. The molecule has 1 aliphatic rings. The van der Waals surface area contributed by atoms with Gasteiger partial charge >= 0.3 is 23.9 Å². The molecule has 0 spiro atoms. The predicted octanol–water partition coefficient (Wildman–Crippen LogP) is 1.81. The molecule has 12 heteroatoms. The van der Waals surface area contributed by atoms with Crippen LogP contribution in [0.5, 0.6) is 0 Å². The topological polar surface area (TPSA) is 157 Å². The van der Waals surface area contributed by atoms with Crippen molar-refractivity contribution in [1.82, 2.24) is 10.3 Å². The number of allylic oxidation sites excluding steroid dienone is 2. The number of methoxy groups -OCH3 is 4. The summed E-state index contributed by atoms with van der Waals surface area (Å²) in [5, 5.41) is 13.2. The molecule has 1 aliphatic heterocycles. The van der Waals surface area contributed by atoms with E-state index in [-0.39, 0.29) is 49.1 Å². The number of aromatic amines is 1. The van der Waals surface area contributed by atoms with Gasteiger partial charge in [0.2, 0.25) is 0 Å². The third-order valence-corrected chi connectivity index (χ3v) is 5.94. The molecule has 0 unspecified atom stereocenters. The fourth-order valence-electron chi connectivity index (χ4n) is 3.73. The van der Waals surface area contributed by atoms with E-state index in [2.05, 4.69) is 16.4 Å². The molecule has 0 atom stereocenters. The van der Waals surface area contributed by atoms with Gasteiger partial charge in [-0.1, -0.05) is 12.2 Å².